The molecule has 1 aliphatic rings. The molecule has 0 N–H and O–H groups in total. The van der Waals surface area contributed by atoms with Crippen molar-refractivity contribution in [3.05, 3.63) is 65.7 Å². The van der Waals surface area contributed by atoms with Gasteiger partial charge in [0.05, 0.1) is 0 Å². The molecular formula is C19H22OSSe. The molecule has 1 nitrogen and oxygen atoms in total. The molecule has 3 heteroatoms. The third kappa shape index (κ3) is 3.60. The zero-order valence-electron chi connectivity index (χ0n) is 13.1. The standard InChI is InChI=1S/C19H22OSSe/c1-14(21-2)16-10-6-7-11-17(16)22-18-12-13-20-19(18)15-8-4-3-5-9-15/h3-11,14,18-19H,12-13H2,1-2H3/t14-,18?,19?/m0/s1. The van der Waals surface area contributed by atoms with Crippen LogP contribution in [0.25, 0.3) is 0 Å². The zero-order valence-corrected chi connectivity index (χ0v) is 15.6. The van der Waals surface area contributed by atoms with Crippen LogP contribution in [-0.4, -0.2) is 27.8 Å². The summed E-state index contributed by atoms with van der Waals surface area (Å²) in [6.45, 7) is 3.20. The van der Waals surface area contributed by atoms with Gasteiger partial charge in [-0.05, 0) is 0 Å². The second-order valence-electron chi connectivity index (χ2n) is 5.56. The molecule has 0 aromatic heterocycles. The van der Waals surface area contributed by atoms with Gasteiger partial charge in [-0.2, -0.15) is 0 Å². The molecule has 0 spiro atoms. The van der Waals surface area contributed by atoms with Gasteiger partial charge in [0.1, 0.15) is 0 Å². The Kier molecular flexibility index (Phi) is 5.65. The Labute approximate surface area is 144 Å². The van der Waals surface area contributed by atoms with Crippen LogP contribution in [0.1, 0.15) is 35.8 Å². The molecular weight excluding hydrogens is 355 g/mol. The summed E-state index contributed by atoms with van der Waals surface area (Å²) in [5.41, 5.74) is 2.84. The molecule has 0 radical (unpaired) electrons. The van der Waals surface area contributed by atoms with E-state index in [2.05, 4.69) is 67.8 Å². The summed E-state index contributed by atoms with van der Waals surface area (Å²) in [6.07, 6.45) is 3.65. The van der Waals surface area contributed by atoms with E-state index in [-0.39, 0.29) is 6.10 Å². The van der Waals surface area contributed by atoms with Crippen LogP contribution in [0.15, 0.2) is 54.6 Å². The third-order valence-electron chi connectivity index (χ3n) is 4.15. The van der Waals surface area contributed by atoms with Gasteiger partial charge in [-0.15, -0.1) is 0 Å². The van der Waals surface area contributed by atoms with Crippen molar-refractivity contribution in [2.75, 3.05) is 12.9 Å². The molecule has 0 saturated carbocycles. The van der Waals surface area contributed by atoms with Gasteiger partial charge in [0.25, 0.3) is 0 Å². The molecule has 1 fully saturated rings. The molecule has 3 atom stereocenters. The maximum atomic E-state index is 6.06. The van der Waals surface area contributed by atoms with Crippen molar-refractivity contribution in [3.8, 4) is 0 Å². The molecule has 2 aromatic carbocycles. The molecule has 3 rings (SSSR count). The van der Waals surface area contributed by atoms with Crippen molar-refractivity contribution in [3.63, 3.8) is 0 Å². The fourth-order valence-electron chi connectivity index (χ4n) is 2.86. The van der Waals surface area contributed by atoms with E-state index in [1.165, 1.54) is 17.5 Å². The van der Waals surface area contributed by atoms with Crippen molar-refractivity contribution in [2.24, 2.45) is 0 Å². The van der Waals surface area contributed by atoms with Crippen LogP contribution in [0.3, 0.4) is 0 Å². The molecule has 0 aliphatic carbocycles. The predicted molar refractivity (Wildman–Crippen MR) is 97.3 cm³/mol. The number of rotatable bonds is 5. The minimum absolute atomic E-state index is 0.277. The number of thioether (sulfide) groups is 1. The van der Waals surface area contributed by atoms with Crippen molar-refractivity contribution in [1.29, 1.82) is 0 Å². The first-order chi connectivity index (χ1) is 10.8. The van der Waals surface area contributed by atoms with E-state index in [1.807, 2.05) is 11.8 Å². The Morgan fingerprint density at radius 3 is 2.59 bits per heavy atom. The van der Waals surface area contributed by atoms with E-state index in [0.29, 0.717) is 25.0 Å². The summed E-state index contributed by atoms with van der Waals surface area (Å²) in [6, 6.07) is 19.7. The summed E-state index contributed by atoms with van der Waals surface area (Å²) in [4.78, 5) is 0.644. The predicted octanol–water partition coefficient (Wildman–Crippen LogP) is 4.39. The summed E-state index contributed by atoms with van der Waals surface area (Å²) in [5, 5.41) is 0.565. The molecule has 1 heterocycles. The quantitative estimate of drug-likeness (QED) is 0.715. The van der Waals surface area contributed by atoms with E-state index in [4.69, 9.17) is 4.74 Å². The fraction of sp³-hybridized carbons (Fsp3) is 0.368. The van der Waals surface area contributed by atoms with E-state index in [0.717, 1.165) is 6.61 Å². The van der Waals surface area contributed by atoms with Crippen molar-refractivity contribution in [2.45, 2.75) is 29.5 Å². The van der Waals surface area contributed by atoms with Gasteiger partial charge < -0.3 is 0 Å². The number of benzene rings is 2. The third-order valence-corrected chi connectivity index (χ3v) is 8.08. The Hall–Kier alpha value is -0.731. The molecule has 22 heavy (non-hydrogen) atoms. The van der Waals surface area contributed by atoms with Crippen molar-refractivity contribution >= 4 is 31.2 Å². The minimum atomic E-state index is 0.277. The molecule has 0 bridgehead atoms. The van der Waals surface area contributed by atoms with Gasteiger partial charge in [0, 0.05) is 0 Å². The molecule has 0 amide bonds. The van der Waals surface area contributed by atoms with Gasteiger partial charge in [0.15, 0.2) is 0 Å². The van der Waals surface area contributed by atoms with Crippen molar-refractivity contribution < 1.29 is 4.74 Å². The van der Waals surface area contributed by atoms with Gasteiger partial charge in [-0.1, -0.05) is 0 Å². The first-order valence-electron chi connectivity index (χ1n) is 7.74. The maximum absolute atomic E-state index is 6.06. The molecule has 2 unspecified atom stereocenters. The Morgan fingerprint density at radius 2 is 1.82 bits per heavy atom. The molecule has 2 aromatic rings. The average molecular weight is 377 g/mol. The van der Waals surface area contributed by atoms with Gasteiger partial charge >= 0.3 is 144 Å². The van der Waals surface area contributed by atoms with Crippen LogP contribution in [0.2, 0.25) is 4.82 Å². The molecule has 116 valence electrons. The summed E-state index contributed by atoms with van der Waals surface area (Å²) < 4.78 is 7.61. The topological polar surface area (TPSA) is 9.23 Å². The molecule has 1 aliphatic heterocycles. The van der Waals surface area contributed by atoms with E-state index < -0.39 is 0 Å². The van der Waals surface area contributed by atoms with Crippen molar-refractivity contribution in [1.82, 2.24) is 0 Å². The first kappa shape index (κ1) is 16.1. The van der Waals surface area contributed by atoms with E-state index in [9.17, 15) is 0 Å². The average Bonchev–Trinajstić information content (AvgIpc) is 3.03. The van der Waals surface area contributed by atoms with Crippen LogP contribution in [0.4, 0.5) is 0 Å². The van der Waals surface area contributed by atoms with Crippen LogP contribution in [-0.2, 0) is 4.74 Å². The van der Waals surface area contributed by atoms with Crippen LogP contribution < -0.4 is 4.46 Å². The first-order valence-corrected chi connectivity index (χ1v) is 10.9. The number of ether oxygens (including phenoxy) is 1. The van der Waals surface area contributed by atoms with Gasteiger partial charge in [0.2, 0.25) is 0 Å². The normalized spacial score (nSPS) is 22.6. The number of hydrogen-bond acceptors (Lipinski definition) is 2. The Morgan fingerprint density at radius 1 is 1.09 bits per heavy atom. The Bertz CT molecular complexity index is 601. The van der Waals surface area contributed by atoms with Crippen LogP contribution in [0, 0.1) is 0 Å². The van der Waals surface area contributed by atoms with E-state index >= 15 is 0 Å². The van der Waals surface area contributed by atoms with Gasteiger partial charge in [-0.25, -0.2) is 0 Å². The van der Waals surface area contributed by atoms with Crippen LogP contribution in [0.5, 0.6) is 0 Å². The zero-order chi connectivity index (χ0) is 15.4. The summed E-state index contributed by atoms with van der Waals surface area (Å²) in [7, 11) is 0. The molecule has 1 saturated heterocycles. The Balaban J connectivity index is 1.81. The second-order valence-corrected chi connectivity index (χ2v) is 9.43. The second kappa shape index (κ2) is 7.70. The fourth-order valence-corrected chi connectivity index (χ4v) is 6.50. The monoisotopic (exact) mass is 378 g/mol. The van der Waals surface area contributed by atoms with Crippen LogP contribution >= 0.6 is 11.8 Å². The van der Waals surface area contributed by atoms with E-state index in [1.54, 1.807) is 4.46 Å². The van der Waals surface area contributed by atoms with Gasteiger partial charge in [-0.3, -0.25) is 0 Å². The SMILES string of the molecule is CS[C@@H](C)c1ccccc1[Se]C1CCOC1c1ccccc1. The summed E-state index contributed by atoms with van der Waals surface area (Å²) >= 11 is 2.38. The number of hydrogen-bond donors (Lipinski definition) is 0. The summed E-state index contributed by atoms with van der Waals surface area (Å²) in [5.74, 6) is 0.